The van der Waals surface area contributed by atoms with Crippen LogP contribution in [0.2, 0.25) is 0 Å². The van der Waals surface area contributed by atoms with E-state index in [1.54, 1.807) is 7.05 Å². The topological polar surface area (TPSA) is 79.6 Å². The summed E-state index contributed by atoms with van der Waals surface area (Å²) in [6, 6.07) is 0.126. The lowest BCUT2D eigenvalue weighted by Crippen LogP contribution is -2.39. The summed E-state index contributed by atoms with van der Waals surface area (Å²) in [6.07, 6.45) is 0. The lowest BCUT2D eigenvalue weighted by Gasteiger charge is -2.08. The molecule has 0 unspecified atom stereocenters. The van der Waals surface area contributed by atoms with Crippen molar-refractivity contribution in [3.63, 3.8) is 0 Å². The van der Waals surface area contributed by atoms with Gasteiger partial charge >= 0.3 is 0 Å². The predicted molar refractivity (Wildman–Crippen MR) is 41.8 cm³/mol. The Hall–Kier alpha value is -1.33. The monoisotopic (exact) mass is 160 g/mol. The van der Waals surface area contributed by atoms with Crippen molar-refractivity contribution in [1.29, 1.82) is 0 Å². The van der Waals surface area contributed by atoms with Gasteiger partial charge in [0, 0.05) is 13.1 Å². The number of guanidine groups is 1. The molecule has 6 nitrogen and oxygen atoms in total. The van der Waals surface area contributed by atoms with Crippen LogP contribution in [0.4, 0.5) is 0 Å². The molecule has 0 fully saturated rings. The highest BCUT2D eigenvalue weighted by molar-refractivity contribution is 5.78. The second-order valence-corrected chi connectivity index (χ2v) is 2.24. The number of hydrogen-bond donors (Lipinski definition) is 2. The first-order chi connectivity index (χ1) is 5.06. The molecular formula is C5H12N4O2. The van der Waals surface area contributed by atoms with E-state index < -0.39 is 5.03 Å². The molecule has 2 N–H and O–H groups in total. The normalized spacial score (nSPS) is 11.5. The molecule has 0 rings (SSSR count). The standard InChI is InChI=1S/C5H12N4O2/c1-4(2)7-5(6-3)8-9(10)11/h4H,1-3H3,(H2,6,7,8). The second-order valence-electron chi connectivity index (χ2n) is 2.24. The summed E-state index contributed by atoms with van der Waals surface area (Å²) in [5, 5.41) is 17.5. The highest BCUT2D eigenvalue weighted by Gasteiger charge is 2.02. The molecule has 0 saturated carbocycles. The molecule has 6 heteroatoms. The highest BCUT2D eigenvalue weighted by atomic mass is 16.7. The lowest BCUT2D eigenvalue weighted by molar-refractivity contribution is -0.485. The van der Waals surface area contributed by atoms with Crippen LogP contribution >= 0.6 is 0 Å². The molecule has 0 saturated heterocycles. The van der Waals surface area contributed by atoms with E-state index in [4.69, 9.17) is 0 Å². The van der Waals surface area contributed by atoms with Crippen molar-refractivity contribution >= 4 is 5.96 Å². The van der Waals surface area contributed by atoms with Gasteiger partial charge in [0.1, 0.15) is 5.10 Å². The second kappa shape index (κ2) is 4.48. The van der Waals surface area contributed by atoms with Crippen molar-refractivity contribution in [2.45, 2.75) is 19.9 Å². The number of nitrogens with zero attached hydrogens (tertiary/aromatic N) is 2. The van der Waals surface area contributed by atoms with Crippen LogP contribution in [0.25, 0.3) is 0 Å². The van der Waals surface area contributed by atoms with Gasteiger partial charge < -0.3 is 10.6 Å². The van der Waals surface area contributed by atoms with Gasteiger partial charge in [0.15, 0.2) is 5.03 Å². The third kappa shape index (κ3) is 5.13. The maximum atomic E-state index is 9.89. The van der Waals surface area contributed by atoms with Gasteiger partial charge in [-0.25, -0.2) is 10.1 Å². The van der Waals surface area contributed by atoms with Gasteiger partial charge in [0.05, 0.1) is 0 Å². The van der Waals surface area contributed by atoms with Crippen LogP contribution in [-0.2, 0) is 0 Å². The number of hydrazone groups is 1. The zero-order valence-corrected chi connectivity index (χ0v) is 6.79. The predicted octanol–water partition coefficient (Wildman–Crippen LogP) is -0.248. The molecule has 11 heavy (non-hydrogen) atoms. The maximum Gasteiger partial charge on any atom is 0.268 e. The zero-order valence-electron chi connectivity index (χ0n) is 6.79. The maximum absolute atomic E-state index is 9.89. The fourth-order valence-corrected chi connectivity index (χ4v) is 0.506. The summed E-state index contributed by atoms with van der Waals surface area (Å²) in [5.74, 6) is 0.171. The van der Waals surface area contributed by atoms with Crippen molar-refractivity contribution in [2.24, 2.45) is 5.10 Å². The van der Waals surface area contributed by atoms with Crippen LogP contribution in [-0.4, -0.2) is 24.1 Å². The van der Waals surface area contributed by atoms with E-state index in [9.17, 15) is 10.1 Å². The molecular weight excluding hydrogens is 148 g/mol. The Morgan fingerprint density at radius 2 is 2.18 bits per heavy atom. The van der Waals surface area contributed by atoms with E-state index in [1.165, 1.54) is 0 Å². The van der Waals surface area contributed by atoms with E-state index in [-0.39, 0.29) is 12.0 Å². The SMILES string of the molecule is CN/C(=N/[N+](=O)[O-])NC(C)C. The van der Waals surface area contributed by atoms with Crippen LogP contribution in [0, 0.1) is 10.1 Å². The Kier molecular flexibility index (Phi) is 3.94. The van der Waals surface area contributed by atoms with Crippen LogP contribution in [0.5, 0.6) is 0 Å². The molecule has 0 aromatic rings. The van der Waals surface area contributed by atoms with E-state index in [0.29, 0.717) is 0 Å². The number of nitrogens with one attached hydrogen (secondary N) is 2. The molecule has 0 aromatic carbocycles. The molecule has 0 aliphatic heterocycles. The average molecular weight is 160 g/mol. The molecule has 0 aromatic heterocycles. The summed E-state index contributed by atoms with van der Waals surface area (Å²) in [7, 11) is 1.57. The molecule has 0 heterocycles. The fraction of sp³-hybridized carbons (Fsp3) is 0.800. The average Bonchev–Trinajstić information content (AvgIpc) is 1.84. The van der Waals surface area contributed by atoms with Gasteiger partial charge in [-0.2, -0.15) is 0 Å². The molecule has 0 atom stereocenters. The van der Waals surface area contributed by atoms with Crippen molar-refractivity contribution in [3.05, 3.63) is 10.1 Å². The minimum Gasteiger partial charge on any atom is -0.354 e. The van der Waals surface area contributed by atoms with E-state index in [1.807, 2.05) is 13.8 Å². The van der Waals surface area contributed by atoms with E-state index >= 15 is 0 Å². The van der Waals surface area contributed by atoms with Crippen molar-refractivity contribution in [2.75, 3.05) is 7.05 Å². The number of rotatable bonds is 2. The van der Waals surface area contributed by atoms with Crippen LogP contribution in [0.3, 0.4) is 0 Å². The Morgan fingerprint density at radius 1 is 1.64 bits per heavy atom. The Balaban J connectivity index is 4.05. The summed E-state index contributed by atoms with van der Waals surface area (Å²) < 4.78 is 0. The van der Waals surface area contributed by atoms with Gasteiger partial charge in [0.25, 0.3) is 5.96 Å². The smallest absolute Gasteiger partial charge is 0.268 e. The zero-order chi connectivity index (χ0) is 8.85. The van der Waals surface area contributed by atoms with Crippen molar-refractivity contribution in [3.8, 4) is 0 Å². The van der Waals surface area contributed by atoms with Crippen LogP contribution in [0.15, 0.2) is 5.10 Å². The molecule has 0 aliphatic rings. The van der Waals surface area contributed by atoms with Crippen molar-refractivity contribution < 1.29 is 5.03 Å². The minimum atomic E-state index is -0.749. The Bertz CT molecular complexity index is 166. The van der Waals surface area contributed by atoms with Gasteiger partial charge in [-0.1, -0.05) is 0 Å². The third-order valence-corrected chi connectivity index (χ3v) is 0.844. The van der Waals surface area contributed by atoms with Gasteiger partial charge in [-0.15, -0.1) is 0 Å². The minimum absolute atomic E-state index is 0.126. The fourth-order valence-electron chi connectivity index (χ4n) is 0.506. The number of hydrogen-bond acceptors (Lipinski definition) is 2. The van der Waals surface area contributed by atoms with Crippen LogP contribution < -0.4 is 10.6 Å². The van der Waals surface area contributed by atoms with E-state index in [2.05, 4.69) is 15.7 Å². The first kappa shape index (κ1) is 9.67. The summed E-state index contributed by atoms with van der Waals surface area (Å²) in [6.45, 7) is 3.74. The molecule has 0 amide bonds. The summed E-state index contributed by atoms with van der Waals surface area (Å²) in [4.78, 5) is 9.89. The van der Waals surface area contributed by atoms with E-state index in [0.717, 1.165) is 0 Å². The highest BCUT2D eigenvalue weighted by Crippen LogP contribution is 1.77. The molecule has 0 aliphatic carbocycles. The molecule has 0 bridgehead atoms. The third-order valence-electron chi connectivity index (χ3n) is 0.844. The molecule has 0 spiro atoms. The Labute approximate surface area is 64.8 Å². The molecule has 64 valence electrons. The molecule has 0 radical (unpaired) electrons. The summed E-state index contributed by atoms with van der Waals surface area (Å²) in [5.41, 5.74) is 0. The number of nitro groups is 1. The van der Waals surface area contributed by atoms with Gasteiger partial charge in [-0.05, 0) is 13.8 Å². The Morgan fingerprint density at radius 3 is 2.45 bits per heavy atom. The largest absolute Gasteiger partial charge is 0.354 e. The van der Waals surface area contributed by atoms with Crippen LogP contribution in [0.1, 0.15) is 13.8 Å². The lowest BCUT2D eigenvalue weighted by atomic mass is 10.4. The van der Waals surface area contributed by atoms with Gasteiger partial charge in [0.2, 0.25) is 0 Å². The quantitative estimate of drug-likeness (QED) is 0.253. The summed E-state index contributed by atoms with van der Waals surface area (Å²) >= 11 is 0. The first-order valence-corrected chi connectivity index (χ1v) is 3.23. The van der Waals surface area contributed by atoms with Gasteiger partial charge in [-0.3, -0.25) is 0 Å². The van der Waals surface area contributed by atoms with Crippen molar-refractivity contribution in [1.82, 2.24) is 10.6 Å². The first-order valence-electron chi connectivity index (χ1n) is 3.23.